The number of rotatable bonds is 4. The van der Waals surface area contributed by atoms with Crippen LogP contribution in [0.4, 0.5) is 5.82 Å². The first-order chi connectivity index (χ1) is 9.10. The molecule has 0 spiro atoms. The average Bonchev–Trinajstić information content (AvgIpc) is 2.42. The zero-order valence-corrected chi connectivity index (χ0v) is 12.2. The number of pyridine rings is 1. The van der Waals surface area contributed by atoms with Crippen LogP contribution in [0.15, 0.2) is 36.5 Å². The van der Waals surface area contributed by atoms with Crippen molar-refractivity contribution in [3.05, 3.63) is 52.1 Å². The van der Waals surface area contributed by atoms with Crippen molar-refractivity contribution in [2.45, 2.75) is 13.0 Å². The Bertz CT molecular complexity index is 558. The van der Waals surface area contributed by atoms with E-state index in [0.29, 0.717) is 15.9 Å². The van der Waals surface area contributed by atoms with Crippen molar-refractivity contribution in [3.63, 3.8) is 0 Å². The normalized spacial score (nSPS) is 12.0. The fourth-order valence-electron chi connectivity index (χ4n) is 1.70. The van der Waals surface area contributed by atoms with Crippen LogP contribution in [0, 0.1) is 0 Å². The second-order valence-corrected chi connectivity index (χ2v) is 4.97. The molecule has 1 atom stereocenters. The number of aromatic nitrogens is 1. The van der Waals surface area contributed by atoms with Gasteiger partial charge >= 0.3 is 0 Å². The SMILES string of the molecule is COc1ccc(C(C)Nc2ncc(Cl)cc2Cl)cc1. The molecule has 1 aromatic heterocycles. The van der Waals surface area contributed by atoms with Crippen LogP contribution in [0.3, 0.4) is 0 Å². The molecule has 3 nitrogen and oxygen atoms in total. The molecule has 0 radical (unpaired) electrons. The molecule has 100 valence electrons. The summed E-state index contributed by atoms with van der Waals surface area (Å²) >= 11 is 11.9. The third kappa shape index (κ3) is 3.52. The Morgan fingerprint density at radius 3 is 2.47 bits per heavy atom. The molecule has 0 saturated carbocycles. The molecule has 2 rings (SSSR count). The Hall–Kier alpha value is -1.45. The second kappa shape index (κ2) is 6.13. The molecule has 1 heterocycles. The molecule has 2 aromatic rings. The van der Waals surface area contributed by atoms with E-state index >= 15 is 0 Å². The van der Waals surface area contributed by atoms with Crippen molar-refractivity contribution in [3.8, 4) is 5.75 Å². The lowest BCUT2D eigenvalue weighted by molar-refractivity contribution is 0.414. The van der Waals surface area contributed by atoms with E-state index in [1.165, 1.54) is 0 Å². The van der Waals surface area contributed by atoms with Gasteiger partial charge in [-0.05, 0) is 30.7 Å². The number of hydrogen-bond donors (Lipinski definition) is 1. The number of methoxy groups -OCH3 is 1. The highest BCUT2D eigenvalue weighted by molar-refractivity contribution is 6.35. The molecule has 1 aromatic carbocycles. The van der Waals surface area contributed by atoms with E-state index in [4.69, 9.17) is 27.9 Å². The molecule has 0 bridgehead atoms. The number of hydrogen-bond acceptors (Lipinski definition) is 3. The average molecular weight is 297 g/mol. The van der Waals surface area contributed by atoms with E-state index in [9.17, 15) is 0 Å². The van der Waals surface area contributed by atoms with E-state index < -0.39 is 0 Å². The third-order valence-corrected chi connectivity index (χ3v) is 3.27. The van der Waals surface area contributed by atoms with Gasteiger partial charge in [-0.15, -0.1) is 0 Å². The van der Waals surface area contributed by atoms with E-state index in [-0.39, 0.29) is 6.04 Å². The maximum absolute atomic E-state index is 6.08. The molecule has 5 heteroatoms. The Morgan fingerprint density at radius 2 is 1.89 bits per heavy atom. The molecule has 0 aliphatic carbocycles. The van der Waals surface area contributed by atoms with Gasteiger partial charge in [0.25, 0.3) is 0 Å². The lowest BCUT2D eigenvalue weighted by Gasteiger charge is -2.16. The van der Waals surface area contributed by atoms with E-state index in [0.717, 1.165) is 11.3 Å². The number of benzene rings is 1. The van der Waals surface area contributed by atoms with Crippen LogP contribution >= 0.6 is 23.2 Å². The highest BCUT2D eigenvalue weighted by Crippen LogP contribution is 2.27. The van der Waals surface area contributed by atoms with Gasteiger partial charge in [0.1, 0.15) is 11.6 Å². The summed E-state index contributed by atoms with van der Waals surface area (Å²) in [6.07, 6.45) is 1.57. The highest BCUT2D eigenvalue weighted by atomic mass is 35.5. The fraction of sp³-hybridized carbons (Fsp3) is 0.214. The smallest absolute Gasteiger partial charge is 0.145 e. The van der Waals surface area contributed by atoms with Crippen LogP contribution in [-0.2, 0) is 0 Å². The van der Waals surface area contributed by atoms with Crippen LogP contribution < -0.4 is 10.1 Å². The van der Waals surface area contributed by atoms with Crippen molar-refractivity contribution in [2.75, 3.05) is 12.4 Å². The summed E-state index contributed by atoms with van der Waals surface area (Å²) in [4.78, 5) is 4.18. The van der Waals surface area contributed by atoms with Gasteiger partial charge in [-0.2, -0.15) is 0 Å². The minimum atomic E-state index is 0.0806. The standard InChI is InChI=1S/C14H14Cl2N2O/c1-9(10-3-5-12(19-2)6-4-10)18-14-13(16)7-11(15)8-17-14/h3-9H,1-2H3,(H,17,18). The van der Waals surface area contributed by atoms with Crippen LogP contribution in [0.2, 0.25) is 10.0 Å². The van der Waals surface area contributed by atoms with E-state index in [2.05, 4.69) is 10.3 Å². The Morgan fingerprint density at radius 1 is 1.21 bits per heavy atom. The molecule has 0 aliphatic heterocycles. The first kappa shape index (κ1) is 14.0. The Kier molecular flexibility index (Phi) is 4.51. The van der Waals surface area contributed by atoms with Gasteiger partial charge in [0, 0.05) is 12.2 Å². The largest absolute Gasteiger partial charge is 0.497 e. The summed E-state index contributed by atoms with van der Waals surface area (Å²) < 4.78 is 5.13. The third-order valence-electron chi connectivity index (χ3n) is 2.78. The summed E-state index contributed by atoms with van der Waals surface area (Å²) in [6, 6.07) is 9.59. The monoisotopic (exact) mass is 296 g/mol. The van der Waals surface area contributed by atoms with Crippen LogP contribution in [0.25, 0.3) is 0 Å². The van der Waals surface area contributed by atoms with Gasteiger partial charge in [-0.25, -0.2) is 4.98 Å². The molecular formula is C14H14Cl2N2O. The number of halogens is 2. The minimum Gasteiger partial charge on any atom is -0.497 e. The minimum absolute atomic E-state index is 0.0806. The zero-order valence-electron chi connectivity index (χ0n) is 10.7. The van der Waals surface area contributed by atoms with Crippen LogP contribution in [0.1, 0.15) is 18.5 Å². The van der Waals surface area contributed by atoms with Crippen molar-refractivity contribution in [1.82, 2.24) is 4.98 Å². The summed E-state index contributed by atoms with van der Waals surface area (Å²) in [5.41, 5.74) is 1.12. The summed E-state index contributed by atoms with van der Waals surface area (Å²) in [5.74, 6) is 1.45. The number of anilines is 1. The van der Waals surface area contributed by atoms with Gasteiger partial charge in [-0.3, -0.25) is 0 Å². The summed E-state index contributed by atoms with van der Waals surface area (Å²) in [6.45, 7) is 2.04. The van der Waals surface area contributed by atoms with Crippen molar-refractivity contribution < 1.29 is 4.74 Å². The maximum Gasteiger partial charge on any atom is 0.145 e. The topological polar surface area (TPSA) is 34.1 Å². The molecule has 1 N–H and O–H groups in total. The maximum atomic E-state index is 6.08. The molecule has 0 saturated heterocycles. The van der Waals surface area contributed by atoms with Crippen LogP contribution in [0.5, 0.6) is 5.75 Å². The van der Waals surface area contributed by atoms with Crippen molar-refractivity contribution in [1.29, 1.82) is 0 Å². The number of ether oxygens (including phenoxy) is 1. The molecule has 19 heavy (non-hydrogen) atoms. The van der Waals surface area contributed by atoms with Crippen molar-refractivity contribution >= 4 is 29.0 Å². The number of nitrogens with one attached hydrogen (secondary N) is 1. The summed E-state index contributed by atoms with van der Waals surface area (Å²) in [7, 11) is 1.65. The van der Waals surface area contributed by atoms with Gasteiger partial charge < -0.3 is 10.1 Å². The Labute approximate surface area is 122 Å². The number of nitrogens with zero attached hydrogens (tertiary/aromatic N) is 1. The fourth-order valence-corrected chi connectivity index (χ4v) is 2.14. The van der Waals surface area contributed by atoms with Crippen molar-refractivity contribution in [2.24, 2.45) is 0 Å². The lowest BCUT2D eigenvalue weighted by atomic mass is 10.1. The second-order valence-electron chi connectivity index (χ2n) is 4.12. The van der Waals surface area contributed by atoms with Crippen LogP contribution in [-0.4, -0.2) is 12.1 Å². The van der Waals surface area contributed by atoms with Gasteiger partial charge in [0.05, 0.1) is 17.2 Å². The van der Waals surface area contributed by atoms with Gasteiger partial charge in [-0.1, -0.05) is 35.3 Å². The molecular weight excluding hydrogens is 283 g/mol. The lowest BCUT2D eigenvalue weighted by Crippen LogP contribution is -2.08. The summed E-state index contributed by atoms with van der Waals surface area (Å²) in [5, 5.41) is 4.28. The molecule has 0 amide bonds. The van der Waals surface area contributed by atoms with E-state index in [1.807, 2.05) is 31.2 Å². The zero-order chi connectivity index (χ0) is 13.8. The van der Waals surface area contributed by atoms with Gasteiger partial charge in [0.15, 0.2) is 0 Å². The Balaban J connectivity index is 2.13. The quantitative estimate of drug-likeness (QED) is 0.897. The van der Waals surface area contributed by atoms with Gasteiger partial charge in [0.2, 0.25) is 0 Å². The predicted octanol–water partition coefficient (Wildman–Crippen LogP) is 4.57. The predicted molar refractivity (Wildman–Crippen MR) is 79.3 cm³/mol. The first-order valence-corrected chi connectivity index (χ1v) is 6.57. The highest BCUT2D eigenvalue weighted by Gasteiger charge is 2.09. The van der Waals surface area contributed by atoms with E-state index in [1.54, 1.807) is 19.4 Å². The first-order valence-electron chi connectivity index (χ1n) is 5.81. The molecule has 1 unspecified atom stereocenters. The molecule has 0 aliphatic rings. The molecule has 0 fully saturated rings.